The molecule has 1 amide bonds. The first-order valence-electron chi connectivity index (χ1n) is 9.10. The molecule has 2 aliphatic heterocycles. The number of nitrogens with one attached hydrogen (secondary N) is 1. The lowest BCUT2D eigenvalue weighted by Crippen LogP contribution is -2.56. The van der Waals surface area contributed by atoms with Crippen molar-refractivity contribution in [3.63, 3.8) is 0 Å². The molecule has 1 atom stereocenters. The van der Waals surface area contributed by atoms with Crippen molar-refractivity contribution in [3.05, 3.63) is 36.3 Å². The van der Waals surface area contributed by atoms with E-state index >= 15 is 0 Å². The van der Waals surface area contributed by atoms with Gasteiger partial charge in [-0.1, -0.05) is 0 Å². The topological polar surface area (TPSA) is 85.4 Å². The molecule has 2 fully saturated rings. The van der Waals surface area contributed by atoms with Crippen molar-refractivity contribution in [2.75, 3.05) is 26.3 Å². The predicted molar refractivity (Wildman–Crippen MR) is 93.3 cm³/mol. The van der Waals surface area contributed by atoms with Crippen LogP contribution in [0.25, 0.3) is 0 Å². The summed E-state index contributed by atoms with van der Waals surface area (Å²) in [5.74, 6) is 0.862. The van der Waals surface area contributed by atoms with E-state index < -0.39 is 0 Å². The van der Waals surface area contributed by atoms with Gasteiger partial charge in [-0.05, 0) is 30.7 Å². The van der Waals surface area contributed by atoms with E-state index in [9.17, 15) is 4.79 Å². The third kappa shape index (κ3) is 3.66. The van der Waals surface area contributed by atoms with Crippen molar-refractivity contribution in [1.29, 1.82) is 0 Å². The molecule has 8 nitrogen and oxygen atoms in total. The second kappa shape index (κ2) is 7.20. The van der Waals surface area contributed by atoms with Gasteiger partial charge in [0, 0.05) is 39.4 Å². The lowest BCUT2D eigenvalue weighted by Gasteiger charge is -2.48. The average Bonchev–Trinajstić information content (AvgIpc) is 3.28. The number of nitrogens with zero attached hydrogens (tertiary/aromatic N) is 4. The Hall–Kier alpha value is -2.19. The molecule has 0 radical (unpaired) electrons. The van der Waals surface area contributed by atoms with Crippen molar-refractivity contribution in [2.24, 2.45) is 12.5 Å². The van der Waals surface area contributed by atoms with Gasteiger partial charge in [-0.25, -0.2) is 0 Å². The number of aryl methyl sites for hydroxylation is 1. The van der Waals surface area contributed by atoms with E-state index in [1.54, 1.807) is 12.4 Å². The summed E-state index contributed by atoms with van der Waals surface area (Å²) in [4.78, 5) is 14.9. The summed E-state index contributed by atoms with van der Waals surface area (Å²) in [5, 5.41) is 11.4. The van der Waals surface area contributed by atoms with Gasteiger partial charge in [0.2, 0.25) is 0 Å². The quantitative estimate of drug-likeness (QED) is 0.883. The molecule has 0 aromatic carbocycles. The van der Waals surface area contributed by atoms with Gasteiger partial charge in [-0.15, -0.1) is 10.2 Å². The molecule has 2 saturated heterocycles. The highest BCUT2D eigenvalue weighted by Crippen LogP contribution is 2.39. The molecule has 0 aliphatic carbocycles. The number of carbonyl (C=O) groups excluding carboxylic acids is 1. The van der Waals surface area contributed by atoms with Gasteiger partial charge in [0.1, 0.15) is 18.4 Å². The number of carbonyl (C=O) groups is 1. The summed E-state index contributed by atoms with van der Waals surface area (Å²) in [6.45, 7) is 4.12. The van der Waals surface area contributed by atoms with E-state index in [-0.39, 0.29) is 17.4 Å². The number of aromatic nitrogens is 3. The largest absolute Gasteiger partial charge is 0.472 e. The summed E-state index contributed by atoms with van der Waals surface area (Å²) in [6, 6.07) is 1.79. The molecule has 4 heterocycles. The maximum absolute atomic E-state index is 12.5. The molecule has 26 heavy (non-hydrogen) atoms. The zero-order valence-electron chi connectivity index (χ0n) is 15.1. The van der Waals surface area contributed by atoms with Crippen LogP contribution in [0.1, 0.15) is 35.4 Å². The van der Waals surface area contributed by atoms with Crippen molar-refractivity contribution in [2.45, 2.75) is 31.8 Å². The third-order valence-corrected chi connectivity index (χ3v) is 5.56. The van der Waals surface area contributed by atoms with E-state index in [2.05, 4.69) is 20.4 Å². The summed E-state index contributed by atoms with van der Waals surface area (Å²) in [6.07, 6.45) is 7.77. The monoisotopic (exact) mass is 359 g/mol. The van der Waals surface area contributed by atoms with Crippen LogP contribution in [0.4, 0.5) is 0 Å². The van der Waals surface area contributed by atoms with Gasteiger partial charge < -0.3 is 19.0 Å². The predicted octanol–water partition coefficient (Wildman–Crippen LogP) is 1.21. The molecule has 1 N–H and O–H groups in total. The maximum Gasteiger partial charge on any atom is 0.254 e. The summed E-state index contributed by atoms with van der Waals surface area (Å²) in [7, 11) is 1.96. The molecule has 2 aliphatic rings. The van der Waals surface area contributed by atoms with Gasteiger partial charge in [0.25, 0.3) is 5.91 Å². The number of rotatable bonds is 4. The molecule has 8 heteroatoms. The SMILES string of the molecule is Cn1cnnc1CN1CC(NC(=O)c2ccoc2)CC2(CCOCC2)C1. The molecule has 140 valence electrons. The van der Waals surface area contributed by atoms with Crippen molar-refractivity contribution in [3.8, 4) is 0 Å². The molecular formula is C18H25N5O3. The number of furan rings is 1. The van der Waals surface area contributed by atoms with Crippen LogP contribution < -0.4 is 5.32 Å². The van der Waals surface area contributed by atoms with Crippen LogP contribution in [0.3, 0.4) is 0 Å². The van der Waals surface area contributed by atoms with Crippen molar-refractivity contribution in [1.82, 2.24) is 25.0 Å². The Morgan fingerprint density at radius 2 is 2.27 bits per heavy atom. The number of piperidine rings is 1. The Kier molecular flexibility index (Phi) is 4.78. The number of amides is 1. The molecule has 0 bridgehead atoms. The Morgan fingerprint density at radius 3 is 2.96 bits per heavy atom. The fraction of sp³-hybridized carbons (Fsp3) is 0.611. The molecule has 1 unspecified atom stereocenters. The molecule has 2 aromatic heterocycles. The Morgan fingerprint density at radius 1 is 1.42 bits per heavy atom. The van der Waals surface area contributed by atoms with Crippen LogP contribution >= 0.6 is 0 Å². The highest BCUT2D eigenvalue weighted by molar-refractivity contribution is 5.93. The number of hydrogen-bond donors (Lipinski definition) is 1. The van der Waals surface area contributed by atoms with Crippen LogP contribution in [0, 0.1) is 5.41 Å². The molecule has 2 aromatic rings. The van der Waals surface area contributed by atoms with Gasteiger partial charge in [-0.2, -0.15) is 0 Å². The van der Waals surface area contributed by atoms with E-state index in [1.165, 1.54) is 12.5 Å². The van der Waals surface area contributed by atoms with E-state index in [4.69, 9.17) is 9.15 Å². The minimum absolute atomic E-state index is 0.0773. The maximum atomic E-state index is 12.5. The van der Waals surface area contributed by atoms with Crippen LogP contribution in [0.2, 0.25) is 0 Å². The Balaban J connectivity index is 1.49. The fourth-order valence-electron chi connectivity index (χ4n) is 4.20. The molecular weight excluding hydrogens is 334 g/mol. The first kappa shape index (κ1) is 17.2. The summed E-state index contributed by atoms with van der Waals surface area (Å²) < 4.78 is 12.6. The standard InChI is InChI=1S/C18H25N5O3/c1-22-13-19-21-16(22)10-23-9-15(20-17(24)14-2-5-26-11-14)8-18(12-23)3-6-25-7-4-18/h2,5,11,13,15H,3-4,6-10,12H2,1H3,(H,20,24). The highest BCUT2D eigenvalue weighted by atomic mass is 16.5. The van der Waals surface area contributed by atoms with Crippen LogP contribution in [0.15, 0.2) is 29.3 Å². The lowest BCUT2D eigenvalue weighted by atomic mass is 9.72. The summed E-state index contributed by atoms with van der Waals surface area (Å²) in [5.41, 5.74) is 0.750. The zero-order valence-corrected chi connectivity index (χ0v) is 15.1. The smallest absolute Gasteiger partial charge is 0.254 e. The first-order chi connectivity index (χ1) is 12.6. The normalized spacial score (nSPS) is 23.2. The lowest BCUT2D eigenvalue weighted by molar-refractivity contribution is -0.0384. The van der Waals surface area contributed by atoms with Crippen LogP contribution in [0.5, 0.6) is 0 Å². The Labute approximate surface area is 152 Å². The van der Waals surface area contributed by atoms with Gasteiger partial charge in [-0.3, -0.25) is 9.69 Å². The molecule has 1 spiro atoms. The zero-order chi connectivity index (χ0) is 18.0. The van der Waals surface area contributed by atoms with E-state index in [1.807, 2.05) is 11.6 Å². The second-order valence-corrected chi connectivity index (χ2v) is 7.53. The van der Waals surface area contributed by atoms with Crippen molar-refractivity contribution >= 4 is 5.91 Å². The van der Waals surface area contributed by atoms with Gasteiger partial charge in [0.15, 0.2) is 0 Å². The molecule has 4 rings (SSSR count). The average molecular weight is 359 g/mol. The second-order valence-electron chi connectivity index (χ2n) is 7.53. The van der Waals surface area contributed by atoms with Gasteiger partial charge in [0.05, 0.1) is 18.4 Å². The van der Waals surface area contributed by atoms with Crippen LogP contribution in [-0.2, 0) is 18.3 Å². The summed E-state index contributed by atoms with van der Waals surface area (Å²) >= 11 is 0. The fourth-order valence-corrected chi connectivity index (χ4v) is 4.20. The number of likely N-dealkylation sites (tertiary alicyclic amines) is 1. The minimum atomic E-state index is -0.0773. The van der Waals surface area contributed by atoms with E-state index in [0.717, 1.165) is 57.9 Å². The molecule has 0 saturated carbocycles. The van der Waals surface area contributed by atoms with Gasteiger partial charge >= 0.3 is 0 Å². The number of ether oxygens (including phenoxy) is 1. The van der Waals surface area contributed by atoms with Crippen molar-refractivity contribution < 1.29 is 13.9 Å². The minimum Gasteiger partial charge on any atom is -0.472 e. The number of hydrogen-bond acceptors (Lipinski definition) is 6. The van der Waals surface area contributed by atoms with E-state index in [0.29, 0.717) is 5.56 Å². The Bertz CT molecular complexity index is 736. The van der Waals surface area contributed by atoms with Crippen LogP contribution in [-0.4, -0.2) is 57.9 Å². The first-order valence-corrected chi connectivity index (χ1v) is 9.10. The highest BCUT2D eigenvalue weighted by Gasteiger charge is 2.41. The third-order valence-electron chi connectivity index (χ3n) is 5.56.